The SMILES string of the molecule is O=C(Nc1cccc(F)c1)Nc1ccc(F)c(Oc2ccc3ncc(-n4ccnc4)nc3c2)c1. The van der Waals surface area contributed by atoms with Crippen LogP contribution in [0.2, 0.25) is 0 Å². The molecule has 5 rings (SSSR count). The summed E-state index contributed by atoms with van der Waals surface area (Å²) in [5.41, 5.74) is 1.76. The van der Waals surface area contributed by atoms with E-state index in [1.165, 1.54) is 36.4 Å². The van der Waals surface area contributed by atoms with Crippen molar-refractivity contribution in [3.05, 3.63) is 97.2 Å². The first kappa shape index (κ1) is 21.0. The lowest BCUT2D eigenvalue weighted by atomic mass is 10.2. The molecule has 0 saturated carbocycles. The van der Waals surface area contributed by atoms with E-state index in [4.69, 9.17) is 4.74 Å². The van der Waals surface area contributed by atoms with Crippen molar-refractivity contribution in [1.29, 1.82) is 0 Å². The second-order valence-electron chi connectivity index (χ2n) is 7.19. The standard InChI is InChI=1S/C24H16F2N6O2/c25-15-2-1-3-16(10-15)29-24(33)30-17-4-6-19(26)22(11-17)34-18-5-7-20-21(12-18)31-23(13-28-20)32-9-8-27-14-32/h1-14H,(H2,29,30,33). The summed E-state index contributed by atoms with van der Waals surface area (Å²) in [6, 6.07) is 13.7. The molecule has 5 aromatic rings. The van der Waals surface area contributed by atoms with Crippen molar-refractivity contribution in [2.75, 3.05) is 10.6 Å². The molecule has 0 spiro atoms. The average Bonchev–Trinajstić information content (AvgIpc) is 3.36. The van der Waals surface area contributed by atoms with E-state index in [-0.39, 0.29) is 17.1 Å². The lowest BCUT2D eigenvalue weighted by molar-refractivity contribution is 0.262. The Morgan fingerprint density at radius 1 is 0.941 bits per heavy atom. The fourth-order valence-corrected chi connectivity index (χ4v) is 3.21. The number of ether oxygens (including phenoxy) is 1. The molecule has 0 aliphatic heterocycles. The second-order valence-corrected chi connectivity index (χ2v) is 7.19. The Balaban J connectivity index is 1.34. The van der Waals surface area contributed by atoms with Gasteiger partial charge in [0.05, 0.1) is 17.2 Å². The van der Waals surface area contributed by atoms with Crippen molar-refractivity contribution in [2.45, 2.75) is 0 Å². The normalized spacial score (nSPS) is 10.8. The number of anilines is 2. The summed E-state index contributed by atoms with van der Waals surface area (Å²) in [5.74, 6) is -0.280. The average molecular weight is 458 g/mol. The maximum atomic E-state index is 14.4. The topological polar surface area (TPSA) is 94.0 Å². The van der Waals surface area contributed by atoms with E-state index in [9.17, 15) is 13.6 Å². The molecular formula is C24H16F2N6O2. The van der Waals surface area contributed by atoms with E-state index in [2.05, 4.69) is 25.6 Å². The Hall–Kier alpha value is -4.86. The van der Waals surface area contributed by atoms with Crippen LogP contribution in [0.5, 0.6) is 11.5 Å². The zero-order chi connectivity index (χ0) is 23.5. The van der Waals surface area contributed by atoms with Crippen LogP contribution >= 0.6 is 0 Å². The van der Waals surface area contributed by atoms with Crippen molar-refractivity contribution in [3.63, 3.8) is 0 Å². The van der Waals surface area contributed by atoms with E-state index in [1.54, 1.807) is 53.8 Å². The monoisotopic (exact) mass is 458 g/mol. The van der Waals surface area contributed by atoms with Gasteiger partial charge in [0.25, 0.3) is 0 Å². The third kappa shape index (κ3) is 4.65. The fraction of sp³-hybridized carbons (Fsp3) is 0. The molecule has 0 fully saturated rings. The summed E-state index contributed by atoms with van der Waals surface area (Å²) in [7, 11) is 0. The van der Waals surface area contributed by atoms with Gasteiger partial charge >= 0.3 is 6.03 Å². The van der Waals surface area contributed by atoms with Crippen molar-refractivity contribution < 1.29 is 18.3 Å². The van der Waals surface area contributed by atoms with Crippen molar-refractivity contribution >= 4 is 28.4 Å². The zero-order valence-corrected chi connectivity index (χ0v) is 17.4. The van der Waals surface area contributed by atoms with Gasteiger partial charge in [0.2, 0.25) is 0 Å². The molecule has 34 heavy (non-hydrogen) atoms. The van der Waals surface area contributed by atoms with Crippen LogP contribution in [0, 0.1) is 11.6 Å². The van der Waals surface area contributed by atoms with Gasteiger partial charge in [0.15, 0.2) is 17.4 Å². The summed E-state index contributed by atoms with van der Waals surface area (Å²) < 4.78 is 35.1. The maximum absolute atomic E-state index is 14.4. The predicted molar refractivity (Wildman–Crippen MR) is 122 cm³/mol. The number of carbonyl (C=O) groups is 1. The molecule has 2 N–H and O–H groups in total. The quantitative estimate of drug-likeness (QED) is 0.361. The molecule has 0 saturated heterocycles. The van der Waals surface area contributed by atoms with Gasteiger partial charge in [-0.1, -0.05) is 6.07 Å². The van der Waals surface area contributed by atoms with Crippen LogP contribution in [-0.2, 0) is 0 Å². The number of hydrogen-bond acceptors (Lipinski definition) is 5. The molecule has 168 valence electrons. The van der Waals surface area contributed by atoms with Gasteiger partial charge < -0.3 is 15.4 Å². The van der Waals surface area contributed by atoms with E-state index >= 15 is 0 Å². The number of amides is 2. The highest BCUT2D eigenvalue weighted by Gasteiger charge is 2.11. The number of aromatic nitrogens is 4. The highest BCUT2D eigenvalue weighted by atomic mass is 19.1. The lowest BCUT2D eigenvalue weighted by Gasteiger charge is -2.11. The van der Waals surface area contributed by atoms with E-state index in [1.807, 2.05) is 0 Å². The highest BCUT2D eigenvalue weighted by molar-refractivity contribution is 5.99. The summed E-state index contributed by atoms with van der Waals surface area (Å²) in [4.78, 5) is 25.1. The van der Waals surface area contributed by atoms with Gasteiger partial charge in [0.1, 0.15) is 17.9 Å². The molecule has 0 bridgehead atoms. The van der Waals surface area contributed by atoms with E-state index < -0.39 is 17.7 Å². The van der Waals surface area contributed by atoms with Crippen molar-refractivity contribution in [2.24, 2.45) is 0 Å². The smallest absolute Gasteiger partial charge is 0.323 e. The molecule has 2 amide bonds. The third-order valence-electron chi connectivity index (χ3n) is 4.77. The molecule has 0 radical (unpaired) electrons. The van der Waals surface area contributed by atoms with Crippen LogP contribution in [0.3, 0.4) is 0 Å². The Bertz CT molecular complexity index is 1490. The van der Waals surface area contributed by atoms with E-state index in [0.29, 0.717) is 22.6 Å². The molecule has 2 aromatic heterocycles. The number of benzene rings is 3. The number of fused-ring (bicyclic) bond motifs is 1. The van der Waals surface area contributed by atoms with Crippen LogP contribution in [0.1, 0.15) is 0 Å². The minimum absolute atomic E-state index is 0.0957. The Labute approximate surface area is 191 Å². The minimum atomic E-state index is -0.616. The highest BCUT2D eigenvalue weighted by Crippen LogP contribution is 2.29. The number of nitrogens with zero attached hydrogens (tertiary/aromatic N) is 4. The molecule has 0 aliphatic carbocycles. The molecule has 0 atom stereocenters. The summed E-state index contributed by atoms with van der Waals surface area (Å²) in [6.07, 6.45) is 6.60. The number of urea groups is 1. The number of imidazole rings is 1. The number of carbonyl (C=O) groups excluding carboxylic acids is 1. The number of halogens is 2. The predicted octanol–water partition coefficient (Wildman–Crippen LogP) is 5.53. The van der Waals surface area contributed by atoms with Gasteiger partial charge in [-0.05, 0) is 42.5 Å². The van der Waals surface area contributed by atoms with Crippen LogP contribution in [0.25, 0.3) is 16.9 Å². The van der Waals surface area contributed by atoms with Crippen molar-refractivity contribution in [3.8, 4) is 17.3 Å². The molecule has 0 unspecified atom stereocenters. The number of rotatable bonds is 5. The lowest BCUT2D eigenvalue weighted by Crippen LogP contribution is -2.19. The fourth-order valence-electron chi connectivity index (χ4n) is 3.21. The second kappa shape index (κ2) is 8.94. The molecule has 0 aliphatic rings. The first-order chi connectivity index (χ1) is 16.5. The van der Waals surface area contributed by atoms with Gasteiger partial charge in [-0.3, -0.25) is 9.55 Å². The van der Waals surface area contributed by atoms with Crippen molar-refractivity contribution in [1.82, 2.24) is 19.5 Å². The Morgan fingerprint density at radius 2 is 1.79 bits per heavy atom. The molecular weight excluding hydrogens is 442 g/mol. The molecule has 10 heteroatoms. The first-order valence-electron chi connectivity index (χ1n) is 10.1. The molecule has 2 heterocycles. The molecule has 3 aromatic carbocycles. The zero-order valence-electron chi connectivity index (χ0n) is 17.4. The number of nitrogens with one attached hydrogen (secondary N) is 2. The maximum Gasteiger partial charge on any atom is 0.323 e. The van der Waals surface area contributed by atoms with Crippen LogP contribution < -0.4 is 15.4 Å². The summed E-state index contributed by atoms with van der Waals surface area (Å²) in [5, 5.41) is 5.07. The van der Waals surface area contributed by atoms with Gasteiger partial charge in [-0.25, -0.2) is 23.5 Å². The van der Waals surface area contributed by atoms with Gasteiger partial charge in [0, 0.05) is 35.9 Å². The van der Waals surface area contributed by atoms with Crippen LogP contribution in [-0.4, -0.2) is 25.6 Å². The molecule has 8 nitrogen and oxygen atoms in total. The van der Waals surface area contributed by atoms with Gasteiger partial charge in [-0.15, -0.1) is 0 Å². The Morgan fingerprint density at radius 3 is 2.59 bits per heavy atom. The van der Waals surface area contributed by atoms with Crippen LogP contribution in [0.4, 0.5) is 25.0 Å². The Kier molecular flexibility index (Phi) is 5.53. The summed E-state index contributed by atoms with van der Waals surface area (Å²) >= 11 is 0. The van der Waals surface area contributed by atoms with Gasteiger partial charge in [-0.2, -0.15) is 0 Å². The third-order valence-corrected chi connectivity index (χ3v) is 4.77. The number of hydrogen-bond donors (Lipinski definition) is 2. The van der Waals surface area contributed by atoms with Crippen LogP contribution in [0.15, 0.2) is 85.6 Å². The largest absolute Gasteiger partial charge is 0.454 e. The van der Waals surface area contributed by atoms with E-state index in [0.717, 1.165) is 0 Å². The first-order valence-corrected chi connectivity index (χ1v) is 10.1. The minimum Gasteiger partial charge on any atom is -0.454 e. The summed E-state index contributed by atoms with van der Waals surface area (Å²) in [6.45, 7) is 0.